The number of fused-ring (bicyclic) bond motifs is 1. The predicted molar refractivity (Wildman–Crippen MR) is 101 cm³/mol. The van der Waals surface area contributed by atoms with Crippen molar-refractivity contribution in [1.29, 1.82) is 0 Å². The summed E-state index contributed by atoms with van der Waals surface area (Å²) in [6, 6.07) is 11.6. The van der Waals surface area contributed by atoms with Gasteiger partial charge in [0, 0.05) is 10.6 Å². The number of nitrogens with one attached hydrogen (secondary N) is 2. The second-order valence-corrected chi connectivity index (χ2v) is 6.45. The minimum absolute atomic E-state index is 0.188. The Bertz CT molecular complexity index is 850. The molecule has 6 nitrogen and oxygen atoms in total. The molecule has 1 atom stereocenters. The lowest BCUT2D eigenvalue weighted by Gasteiger charge is -2.27. The van der Waals surface area contributed by atoms with E-state index in [1.807, 2.05) is 30.3 Å². The molecule has 1 unspecified atom stereocenters. The number of hydrogen-bond acceptors (Lipinski definition) is 4. The van der Waals surface area contributed by atoms with Crippen LogP contribution in [0.1, 0.15) is 29.2 Å². The van der Waals surface area contributed by atoms with E-state index in [1.54, 1.807) is 19.2 Å². The second-order valence-electron chi connectivity index (χ2n) is 6.02. The standard InChI is InChI=1S/C19H20ClN3O3/c1-26-14-7-9-15-12(10-14)4-8-16(18(15)24)17(22-23-19(21)25)11-2-5-13(20)6-3-11/h2-3,5-7,9-10,17,22,24H,4,8H2,1H3,(H3,21,23,25). The van der Waals surface area contributed by atoms with Crippen molar-refractivity contribution in [3.05, 3.63) is 69.8 Å². The SMILES string of the molecule is COc1ccc2c(c1)CCC(C(NNC(N)=O)c1ccc(Cl)cc1)=C2O. The zero-order chi connectivity index (χ0) is 18.7. The highest BCUT2D eigenvalue weighted by atomic mass is 35.5. The lowest BCUT2D eigenvalue weighted by molar-refractivity contribution is 0.243. The van der Waals surface area contributed by atoms with E-state index < -0.39 is 12.1 Å². The van der Waals surface area contributed by atoms with Crippen molar-refractivity contribution < 1.29 is 14.6 Å². The molecule has 3 rings (SSSR count). The van der Waals surface area contributed by atoms with Gasteiger partial charge in [-0.15, -0.1) is 0 Å². The second kappa shape index (κ2) is 7.68. The molecule has 2 amide bonds. The highest BCUT2D eigenvalue weighted by Crippen LogP contribution is 2.37. The molecule has 1 aliphatic carbocycles. The summed E-state index contributed by atoms with van der Waals surface area (Å²) < 4.78 is 5.25. The molecule has 0 bridgehead atoms. The molecule has 0 aliphatic heterocycles. The molecule has 2 aromatic rings. The van der Waals surface area contributed by atoms with E-state index in [0.717, 1.165) is 34.4 Å². The highest BCUT2D eigenvalue weighted by Gasteiger charge is 2.26. The molecular formula is C19H20ClN3O3. The van der Waals surface area contributed by atoms with Crippen molar-refractivity contribution in [1.82, 2.24) is 10.9 Å². The first-order valence-electron chi connectivity index (χ1n) is 8.15. The van der Waals surface area contributed by atoms with Gasteiger partial charge in [0.1, 0.15) is 11.5 Å². The van der Waals surface area contributed by atoms with Crippen LogP contribution in [-0.4, -0.2) is 18.2 Å². The van der Waals surface area contributed by atoms with Crippen molar-refractivity contribution in [3.63, 3.8) is 0 Å². The minimum atomic E-state index is -0.704. The van der Waals surface area contributed by atoms with Gasteiger partial charge in [0.25, 0.3) is 0 Å². The van der Waals surface area contributed by atoms with Gasteiger partial charge in [-0.25, -0.2) is 10.2 Å². The number of aryl methyl sites for hydroxylation is 1. The zero-order valence-electron chi connectivity index (χ0n) is 14.3. The van der Waals surface area contributed by atoms with Gasteiger partial charge in [-0.1, -0.05) is 23.7 Å². The van der Waals surface area contributed by atoms with Crippen LogP contribution in [-0.2, 0) is 6.42 Å². The van der Waals surface area contributed by atoms with E-state index in [-0.39, 0.29) is 5.76 Å². The number of hydrogen-bond donors (Lipinski definition) is 4. The summed E-state index contributed by atoms with van der Waals surface area (Å²) in [6.45, 7) is 0. The predicted octanol–water partition coefficient (Wildman–Crippen LogP) is 3.48. The Kier molecular flexibility index (Phi) is 5.35. The van der Waals surface area contributed by atoms with E-state index in [4.69, 9.17) is 22.1 Å². The summed E-state index contributed by atoms with van der Waals surface area (Å²) in [5.74, 6) is 0.940. The van der Waals surface area contributed by atoms with E-state index >= 15 is 0 Å². The van der Waals surface area contributed by atoms with Gasteiger partial charge in [0.05, 0.1) is 13.2 Å². The van der Waals surface area contributed by atoms with Crippen molar-refractivity contribution >= 4 is 23.4 Å². The maximum atomic E-state index is 11.2. The summed E-state index contributed by atoms with van der Waals surface area (Å²) >= 11 is 5.97. The third-order valence-electron chi connectivity index (χ3n) is 4.43. The molecule has 0 radical (unpaired) electrons. The summed E-state index contributed by atoms with van der Waals surface area (Å²) in [4.78, 5) is 11.2. The zero-order valence-corrected chi connectivity index (χ0v) is 15.0. The van der Waals surface area contributed by atoms with Gasteiger partial charge in [0.2, 0.25) is 0 Å². The maximum Gasteiger partial charge on any atom is 0.326 e. The Balaban J connectivity index is 2.01. The topological polar surface area (TPSA) is 96.6 Å². The average Bonchev–Trinajstić information content (AvgIpc) is 2.64. The molecule has 0 spiro atoms. The van der Waals surface area contributed by atoms with Crippen LogP contribution >= 0.6 is 11.6 Å². The van der Waals surface area contributed by atoms with Crippen LogP contribution < -0.4 is 21.3 Å². The molecule has 2 aromatic carbocycles. The van der Waals surface area contributed by atoms with E-state index in [9.17, 15) is 9.90 Å². The van der Waals surface area contributed by atoms with Gasteiger partial charge in [-0.2, -0.15) is 0 Å². The molecule has 1 aliphatic rings. The number of methoxy groups -OCH3 is 1. The van der Waals surface area contributed by atoms with Crippen LogP contribution in [0.4, 0.5) is 4.79 Å². The number of amides is 2. The molecule has 7 heteroatoms. The minimum Gasteiger partial charge on any atom is -0.507 e. The van der Waals surface area contributed by atoms with Crippen LogP contribution in [0, 0.1) is 0 Å². The van der Waals surface area contributed by atoms with Gasteiger partial charge in [0.15, 0.2) is 0 Å². The third-order valence-corrected chi connectivity index (χ3v) is 4.68. The fourth-order valence-corrected chi connectivity index (χ4v) is 3.27. The molecule has 0 saturated heterocycles. The number of carbonyl (C=O) groups excluding carboxylic acids is 1. The number of hydrazine groups is 1. The number of nitrogens with two attached hydrogens (primary N) is 1. The molecule has 0 heterocycles. The van der Waals surface area contributed by atoms with Gasteiger partial charge in [-0.05, 0) is 59.9 Å². The molecule has 0 aromatic heterocycles. The first-order chi connectivity index (χ1) is 12.5. The summed E-state index contributed by atoms with van der Waals surface area (Å²) in [7, 11) is 1.61. The van der Waals surface area contributed by atoms with Crippen molar-refractivity contribution in [2.45, 2.75) is 18.9 Å². The molecule has 0 saturated carbocycles. The Morgan fingerprint density at radius 2 is 1.96 bits per heavy atom. The van der Waals surface area contributed by atoms with Crippen molar-refractivity contribution in [3.8, 4) is 5.75 Å². The Hall–Kier alpha value is -2.70. The van der Waals surface area contributed by atoms with Crippen LogP contribution in [0.15, 0.2) is 48.0 Å². The number of aliphatic hydroxyl groups excluding tert-OH is 1. The number of halogens is 1. The Morgan fingerprint density at radius 1 is 1.23 bits per heavy atom. The number of aliphatic hydroxyl groups is 1. The van der Waals surface area contributed by atoms with Gasteiger partial charge in [-0.3, -0.25) is 5.43 Å². The lowest BCUT2D eigenvalue weighted by atomic mass is 9.85. The molecule has 0 fully saturated rings. The van der Waals surface area contributed by atoms with E-state index in [0.29, 0.717) is 11.4 Å². The van der Waals surface area contributed by atoms with Gasteiger partial charge < -0.3 is 15.6 Å². The van der Waals surface area contributed by atoms with Crippen LogP contribution in [0.3, 0.4) is 0 Å². The van der Waals surface area contributed by atoms with E-state index in [2.05, 4.69) is 10.9 Å². The average molecular weight is 374 g/mol. The first-order valence-corrected chi connectivity index (χ1v) is 8.53. The number of ether oxygens (including phenoxy) is 1. The lowest BCUT2D eigenvalue weighted by Crippen LogP contribution is -2.44. The third kappa shape index (κ3) is 3.76. The van der Waals surface area contributed by atoms with Crippen molar-refractivity contribution in [2.24, 2.45) is 5.73 Å². The van der Waals surface area contributed by atoms with Crippen LogP contribution in [0.25, 0.3) is 5.76 Å². The van der Waals surface area contributed by atoms with Crippen LogP contribution in [0.5, 0.6) is 5.75 Å². The fraction of sp³-hybridized carbons (Fsp3) is 0.211. The molecule has 136 valence electrons. The first kappa shape index (κ1) is 18.1. The number of carbonyl (C=O) groups is 1. The normalized spacial score (nSPS) is 14.5. The Morgan fingerprint density at radius 3 is 2.62 bits per heavy atom. The monoisotopic (exact) mass is 373 g/mol. The summed E-state index contributed by atoms with van der Waals surface area (Å²) in [6.07, 6.45) is 1.36. The molecule has 5 N–H and O–H groups in total. The quantitative estimate of drug-likeness (QED) is 0.603. The number of urea groups is 1. The smallest absolute Gasteiger partial charge is 0.326 e. The Labute approximate surface area is 156 Å². The highest BCUT2D eigenvalue weighted by molar-refractivity contribution is 6.30. The van der Waals surface area contributed by atoms with Crippen LogP contribution in [0.2, 0.25) is 5.02 Å². The summed E-state index contributed by atoms with van der Waals surface area (Å²) in [5, 5.41) is 11.5. The number of primary amides is 1. The number of benzene rings is 2. The maximum absolute atomic E-state index is 11.2. The summed E-state index contributed by atoms with van der Waals surface area (Å²) in [5.41, 5.74) is 13.9. The molecule has 26 heavy (non-hydrogen) atoms. The van der Waals surface area contributed by atoms with Crippen molar-refractivity contribution in [2.75, 3.05) is 7.11 Å². The van der Waals surface area contributed by atoms with Gasteiger partial charge >= 0.3 is 6.03 Å². The largest absolute Gasteiger partial charge is 0.507 e. The van der Waals surface area contributed by atoms with E-state index in [1.165, 1.54) is 0 Å². The fourth-order valence-electron chi connectivity index (χ4n) is 3.15. The molecular weight excluding hydrogens is 354 g/mol. The number of rotatable bonds is 5.